The minimum Gasteiger partial charge on any atom is -0.493 e. The molecule has 0 unspecified atom stereocenters. The molecule has 33 heavy (non-hydrogen) atoms. The summed E-state index contributed by atoms with van der Waals surface area (Å²) < 4.78 is 7.75. The lowest BCUT2D eigenvalue weighted by atomic mass is 9.94. The van der Waals surface area contributed by atoms with E-state index in [1.807, 2.05) is 38.1 Å². The van der Waals surface area contributed by atoms with E-state index in [2.05, 4.69) is 26.3 Å². The number of nitrogens with zero attached hydrogens (tertiary/aromatic N) is 6. The van der Waals surface area contributed by atoms with Crippen LogP contribution in [0.2, 0.25) is 0 Å². The van der Waals surface area contributed by atoms with Crippen LogP contribution >= 0.6 is 0 Å². The number of piperidine rings is 1. The molecule has 8 heteroatoms. The van der Waals surface area contributed by atoms with Gasteiger partial charge >= 0.3 is 0 Å². The summed E-state index contributed by atoms with van der Waals surface area (Å²) in [5, 5.41) is 17.5. The zero-order chi connectivity index (χ0) is 23.4. The number of nitriles is 1. The molecule has 3 aromatic rings. The maximum atomic E-state index is 11.6. The summed E-state index contributed by atoms with van der Waals surface area (Å²) in [6.45, 7) is 7.23. The molecule has 8 nitrogen and oxygen atoms in total. The number of fused-ring (bicyclic) bond motifs is 1. The fourth-order valence-electron chi connectivity index (χ4n) is 4.36. The topological polar surface area (TPSA) is 96.9 Å². The van der Waals surface area contributed by atoms with E-state index >= 15 is 0 Å². The number of hydrogen-bond acceptors (Lipinski definition) is 7. The lowest BCUT2D eigenvalue weighted by molar-refractivity contribution is -0.120. The van der Waals surface area contributed by atoms with Crippen molar-refractivity contribution in [1.29, 1.82) is 5.26 Å². The van der Waals surface area contributed by atoms with Gasteiger partial charge < -0.3 is 4.74 Å². The van der Waals surface area contributed by atoms with E-state index in [1.54, 1.807) is 11.7 Å². The smallest absolute Gasteiger partial charge is 0.170 e. The third-order valence-corrected chi connectivity index (χ3v) is 6.46. The average Bonchev–Trinajstić information content (AvgIpc) is 3.21. The first-order valence-electron chi connectivity index (χ1n) is 11.6. The second-order valence-electron chi connectivity index (χ2n) is 8.78. The molecular weight excluding hydrogens is 416 g/mol. The number of benzene rings is 1. The van der Waals surface area contributed by atoms with Crippen molar-refractivity contribution in [3.05, 3.63) is 35.5 Å². The number of aryl methyl sites for hydroxylation is 2. The van der Waals surface area contributed by atoms with Crippen LogP contribution in [0.5, 0.6) is 5.75 Å². The number of likely N-dealkylation sites (tertiary alicyclic amines) is 1. The molecule has 0 radical (unpaired) electrons. The molecule has 1 aromatic carbocycles. The average molecular weight is 447 g/mol. The molecule has 1 fully saturated rings. The fraction of sp³-hybridized carbons (Fsp3) is 0.480. The SMILES string of the molecule is CCC(=O)CN1CCC(CCOc2ccc(-c3cc4c(nnn4C)c(C#N)n3)cc2C)CC1. The minimum absolute atomic E-state index is 0.277. The summed E-state index contributed by atoms with van der Waals surface area (Å²) in [6, 6.07) is 10.0. The molecule has 1 aliphatic heterocycles. The normalized spacial score (nSPS) is 15.0. The molecule has 1 saturated heterocycles. The molecule has 0 saturated carbocycles. The van der Waals surface area contributed by atoms with Gasteiger partial charge in [0.05, 0.1) is 24.4 Å². The quantitative estimate of drug-likeness (QED) is 0.521. The van der Waals surface area contributed by atoms with Gasteiger partial charge in [0, 0.05) is 19.0 Å². The van der Waals surface area contributed by atoms with Gasteiger partial charge in [-0.3, -0.25) is 9.69 Å². The number of aromatic nitrogens is 4. The summed E-state index contributed by atoms with van der Waals surface area (Å²) >= 11 is 0. The van der Waals surface area contributed by atoms with Crippen LogP contribution < -0.4 is 4.74 Å². The van der Waals surface area contributed by atoms with Gasteiger partial charge in [-0.15, -0.1) is 5.10 Å². The molecule has 0 bridgehead atoms. The molecule has 0 spiro atoms. The third kappa shape index (κ3) is 5.20. The minimum atomic E-state index is 0.277. The molecule has 2 aromatic heterocycles. The van der Waals surface area contributed by atoms with Crippen LogP contribution in [-0.2, 0) is 11.8 Å². The number of ether oxygens (including phenoxy) is 1. The Labute approximate surface area is 194 Å². The van der Waals surface area contributed by atoms with Crippen LogP contribution in [0.1, 0.15) is 43.9 Å². The van der Waals surface area contributed by atoms with Crippen molar-refractivity contribution in [2.75, 3.05) is 26.2 Å². The molecule has 172 valence electrons. The number of carbonyl (C=O) groups is 1. The molecule has 1 aliphatic rings. The molecule has 0 aliphatic carbocycles. The Hall–Kier alpha value is -3.31. The van der Waals surface area contributed by atoms with E-state index in [1.165, 1.54) is 0 Å². The number of pyridine rings is 1. The highest BCUT2D eigenvalue weighted by Crippen LogP contribution is 2.28. The van der Waals surface area contributed by atoms with Gasteiger partial charge in [0.15, 0.2) is 5.69 Å². The Balaban J connectivity index is 1.35. The molecule has 4 rings (SSSR count). The standard InChI is InChI=1S/C25H30N6O2/c1-4-20(32)16-31-10-7-18(8-11-31)9-12-33-24-6-5-19(13-17(24)2)21-14-23-25(22(15-26)27-21)28-29-30(23)3/h5-6,13-14,18H,4,7-12,16H2,1-3H3. The van der Waals surface area contributed by atoms with Gasteiger partial charge in [-0.05, 0) is 75.0 Å². The number of hydrogen-bond donors (Lipinski definition) is 0. The maximum Gasteiger partial charge on any atom is 0.170 e. The van der Waals surface area contributed by atoms with Crippen LogP contribution in [0, 0.1) is 24.2 Å². The Morgan fingerprint density at radius 3 is 2.76 bits per heavy atom. The first-order chi connectivity index (χ1) is 16.0. The van der Waals surface area contributed by atoms with Crippen LogP contribution in [0.15, 0.2) is 24.3 Å². The van der Waals surface area contributed by atoms with Crippen LogP contribution in [0.4, 0.5) is 0 Å². The number of Topliss-reactive ketones (excluding diaryl/α,β-unsaturated/α-hetero) is 1. The zero-order valence-electron chi connectivity index (χ0n) is 19.5. The van der Waals surface area contributed by atoms with Gasteiger partial charge in [0.25, 0.3) is 0 Å². The zero-order valence-corrected chi connectivity index (χ0v) is 19.5. The first-order valence-corrected chi connectivity index (χ1v) is 11.6. The van der Waals surface area contributed by atoms with Gasteiger partial charge in [0.1, 0.15) is 23.1 Å². The maximum absolute atomic E-state index is 11.6. The Bertz CT molecular complexity index is 1190. The van der Waals surface area contributed by atoms with Crippen molar-refractivity contribution in [1.82, 2.24) is 24.9 Å². The fourth-order valence-corrected chi connectivity index (χ4v) is 4.36. The molecule has 0 amide bonds. The van der Waals surface area contributed by atoms with Crippen LogP contribution in [0.25, 0.3) is 22.3 Å². The summed E-state index contributed by atoms with van der Waals surface area (Å²) in [6.07, 6.45) is 3.89. The summed E-state index contributed by atoms with van der Waals surface area (Å²) in [5.74, 6) is 1.84. The number of ketones is 1. The lowest BCUT2D eigenvalue weighted by Crippen LogP contribution is -2.37. The van der Waals surface area contributed by atoms with Crippen molar-refractivity contribution in [3.63, 3.8) is 0 Å². The monoisotopic (exact) mass is 446 g/mol. The van der Waals surface area contributed by atoms with Gasteiger partial charge in [0.2, 0.25) is 0 Å². The molecular formula is C25H30N6O2. The van der Waals surface area contributed by atoms with Gasteiger partial charge in [-0.25, -0.2) is 9.67 Å². The molecule has 0 atom stereocenters. The largest absolute Gasteiger partial charge is 0.493 e. The van der Waals surface area contributed by atoms with Crippen LogP contribution in [0.3, 0.4) is 0 Å². The summed E-state index contributed by atoms with van der Waals surface area (Å²) in [4.78, 5) is 18.4. The van der Waals surface area contributed by atoms with E-state index in [9.17, 15) is 10.1 Å². The highest BCUT2D eigenvalue weighted by Gasteiger charge is 2.20. The van der Waals surface area contributed by atoms with E-state index in [0.29, 0.717) is 42.5 Å². The number of rotatable bonds is 8. The van der Waals surface area contributed by atoms with Gasteiger partial charge in [-0.1, -0.05) is 12.1 Å². The molecule has 3 heterocycles. The van der Waals surface area contributed by atoms with Crippen molar-refractivity contribution < 1.29 is 9.53 Å². The van der Waals surface area contributed by atoms with E-state index in [4.69, 9.17) is 4.74 Å². The second-order valence-corrected chi connectivity index (χ2v) is 8.78. The highest BCUT2D eigenvalue weighted by molar-refractivity contribution is 5.83. The Morgan fingerprint density at radius 2 is 2.06 bits per heavy atom. The van der Waals surface area contributed by atoms with Crippen molar-refractivity contribution >= 4 is 16.8 Å². The third-order valence-electron chi connectivity index (χ3n) is 6.46. The van der Waals surface area contributed by atoms with Gasteiger partial charge in [-0.2, -0.15) is 5.26 Å². The predicted octanol–water partition coefficient (Wildman–Crippen LogP) is 3.67. The second kappa shape index (κ2) is 10.1. The van der Waals surface area contributed by atoms with E-state index < -0.39 is 0 Å². The Morgan fingerprint density at radius 1 is 1.27 bits per heavy atom. The van der Waals surface area contributed by atoms with E-state index in [-0.39, 0.29) is 5.69 Å². The summed E-state index contributed by atoms with van der Waals surface area (Å²) in [5.41, 5.74) is 4.24. The number of carbonyl (C=O) groups excluding carboxylic acids is 1. The van der Waals surface area contributed by atoms with Crippen molar-refractivity contribution in [3.8, 4) is 23.1 Å². The van der Waals surface area contributed by atoms with Crippen LogP contribution in [-0.4, -0.2) is 56.9 Å². The first kappa shape index (κ1) is 22.9. The Kier molecular flexibility index (Phi) is 6.99. The van der Waals surface area contributed by atoms with Crippen molar-refractivity contribution in [2.45, 2.75) is 39.5 Å². The van der Waals surface area contributed by atoms with Crippen molar-refractivity contribution in [2.24, 2.45) is 13.0 Å². The highest BCUT2D eigenvalue weighted by atomic mass is 16.5. The molecule has 0 N–H and O–H groups in total. The summed E-state index contributed by atoms with van der Waals surface area (Å²) in [7, 11) is 1.80. The van der Waals surface area contributed by atoms with E-state index in [0.717, 1.165) is 54.7 Å². The lowest BCUT2D eigenvalue weighted by Gasteiger charge is -2.31. The predicted molar refractivity (Wildman–Crippen MR) is 126 cm³/mol.